The molecule has 1 aromatic heterocycles. The largest absolute Gasteiger partial charge is 0.324 e. The number of aromatic nitrogens is 3. The number of benzene rings is 2. The summed E-state index contributed by atoms with van der Waals surface area (Å²) in [6.07, 6.45) is 0. The highest BCUT2D eigenvalue weighted by atomic mass is 35.5. The molecule has 3 rings (SSSR count). The van der Waals surface area contributed by atoms with Gasteiger partial charge in [0.25, 0.3) is 0 Å². The van der Waals surface area contributed by atoms with Gasteiger partial charge in [-0.2, -0.15) is 0 Å². The predicted octanol–water partition coefficient (Wildman–Crippen LogP) is 4.66. The predicted molar refractivity (Wildman–Crippen MR) is 102 cm³/mol. The fourth-order valence-electron chi connectivity index (χ4n) is 2.22. The summed E-state index contributed by atoms with van der Waals surface area (Å²) in [7, 11) is 1.80. The summed E-state index contributed by atoms with van der Waals surface area (Å²) in [5.74, 6) is -0.0400. The van der Waals surface area contributed by atoms with E-state index in [2.05, 4.69) is 15.5 Å². The van der Waals surface area contributed by atoms with E-state index in [9.17, 15) is 9.18 Å². The number of anilines is 1. The second-order valence-corrected chi connectivity index (χ2v) is 7.06. The lowest BCUT2D eigenvalue weighted by Crippen LogP contribution is -2.14. The zero-order valence-corrected chi connectivity index (χ0v) is 15.9. The van der Waals surface area contributed by atoms with Gasteiger partial charge in [0, 0.05) is 12.6 Å². The number of amides is 1. The Balaban J connectivity index is 1.67. The van der Waals surface area contributed by atoms with Crippen molar-refractivity contribution in [3.63, 3.8) is 0 Å². The summed E-state index contributed by atoms with van der Waals surface area (Å²) in [4.78, 5) is 12.1. The topological polar surface area (TPSA) is 59.8 Å². The van der Waals surface area contributed by atoms with E-state index in [1.54, 1.807) is 17.7 Å². The van der Waals surface area contributed by atoms with Crippen molar-refractivity contribution in [3.05, 3.63) is 58.3 Å². The third-order valence-electron chi connectivity index (χ3n) is 3.49. The normalized spacial score (nSPS) is 10.8. The summed E-state index contributed by atoms with van der Waals surface area (Å²) >= 11 is 13.3. The van der Waals surface area contributed by atoms with Gasteiger partial charge in [0.15, 0.2) is 11.0 Å². The molecule has 1 heterocycles. The number of rotatable bonds is 5. The molecule has 0 unspecified atom stereocenters. The van der Waals surface area contributed by atoms with Crippen LogP contribution in [-0.2, 0) is 11.8 Å². The van der Waals surface area contributed by atoms with Crippen LogP contribution in [0.15, 0.2) is 47.6 Å². The first-order valence-electron chi connectivity index (χ1n) is 7.47. The Morgan fingerprint density at radius 1 is 1.19 bits per heavy atom. The number of nitrogens with one attached hydrogen (secondary N) is 1. The Morgan fingerprint density at radius 2 is 1.96 bits per heavy atom. The van der Waals surface area contributed by atoms with E-state index in [1.165, 1.54) is 23.9 Å². The Hall–Kier alpha value is -2.09. The van der Waals surface area contributed by atoms with Gasteiger partial charge < -0.3 is 9.88 Å². The van der Waals surface area contributed by atoms with Crippen LogP contribution < -0.4 is 5.32 Å². The minimum Gasteiger partial charge on any atom is -0.324 e. The van der Waals surface area contributed by atoms with Gasteiger partial charge in [0.05, 0.1) is 21.5 Å². The molecule has 0 radical (unpaired) electrons. The molecule has 1 N–H and O–H groups in total. The molecule has 0 aliphatic rings. The van der Waals surface area contributed by atoms with Gasteiger partial charge in [-0.1, -0.05) is 47.1 Å². The third kappa shape index (κ3) is 4.17. The van der Waals surface area contributed by atoms with E-state index < -0.39 is 5.82 Å². The van der Waals surface area contributed by atoms with E-state index in [-0.39, 0.29) is 16.7 Å². The van der Waals surface area contributed by atoms with Crippen LogP contribution >= 0.6 is 35.0 Å². The lowest BCUT2D eigenvalue weighted by atomic mass is 10.2. The molecule has 0 spiro atoms. The number of carbonyl (C=O) groups is 1. The Morgan fingerprint density at radius 3 is 2.69 bits per heavy atom. The second kappa shape index (κ2) is 8.07. The lowest BCUT2D eigenvalue weighted by molar-refractivity contribution is -0.113. The van der Waals surface area contributed by atoms with Crippen LogP contribution in [0.3, 0.4) is 0 Å². The average molecular weight is 411 g/mol. The molecule has 9 heteroatoms. The number of hydrogen-bond acceptors (Lipinski definition) is 4. The molecule has 0 fully saturated rings. The summed E-state index contributed by atoms with van der Waals surface area (Å²) < 4.78 is 14.8. The quantitative estimate of drug-likeness (QED) is 0.621. The van der Waals surface area contributed by atoms with Crippen LogP contribution in [0.1, 0.15) is 0 Å². The van der Waals surface area contributed by atoms with E-state index in [0.717, 1.165) is 11.6 Å². The van der Waals surface area contributed by atoms with E-state index in [4.69, 9.17) is 23.2 Å². The van der Waals surface area contributed by atoms with E-state index >= 15 is 0 Å². The molecule has 2 aromatic carbocycles. The molecular weight excluding hydrogens is 398 g/mol. The second-order valence-electron chi connectivity index (χ2n) is 5.31. The molecular formula is C17H13Cl2FN4OS. The summed E-state index contributed by atoms with van der Waals surface area (Å²) in [6.45, 7) is 0. The minimum atomic E-state index is -0.464. The highest BCUT2D eigenvalue weighted by Crippen LogP contribution is 2.28. The van der Waals surface area contributed by atoms with Crippen molar-refractivity contribution in [2.45, 2.75) is 5.16 Å². The van der Waals surface area contributed by atoms with Gasteiger partial charge in [-0.15, -0.1) is 10.2 Å². The highest BCUT2D eigenvalue weighted by Gasteiger charge is 2.15. The Labute approximate surface area is 163 Å². The van der Waals surface area contributed by atoms with Gasteiger partial charge in [0.2, 0.25) is 5.91 Å². The smallest absolute Gasteiger partial charge is 0.234 e. The first kappa shape index (κ1) is 18.7. The van der Waals surface area contributed by atoms with Crippen molar-refractivity contribution < 1.29 is 9.18 Å². The number of hydrogen-bond donors (Lipinski definition) is 1. The zero-order chi connectivity index (χ0) is 18.7. The van der Waals surface area contributed by atoms with E-state index in [1.807, 2.05) is 18.2 Å². The molecule has 134 valence electrons. The van der Waals surface area contributed by atoms with Crippen LogP contribution in [0, 0.1) is 5.82 Å². The third-order valence-corrected chi connectivity index (χ3v) is 5.15. The molecule has 0 aliphatic heterocycles. The lowest BCUT2D eigenvalue weighted by Gasteiger charge is -2.07. The van der Waals surface area contributed by atoms with Crippen molar-refractivity contribution in [2.24, 2.45) is 7.05 Å². The first-order chi connectivity index (χ1) is 12.5. The SMILES string of the molecule is Cn1c(SCC(=O)Nc2ccc(F)cc2Cl)nnc1-c1ccccc1Cl. The maximum Gasteiger partial charge on any atom is 0.234 e. The Bertz CT molecular complexity index is 964. The van der Waals surface area contributed by atoms with Crippen molar-refractivity contribution in [2.75, 3.05) is 11.1 Å². The first-order valence-corrected chi connectivity index (χ1v) is 9.22. The number of nitrogens with zero attached hydrogens (tertiary/aromatic N) is 3. The summed E-state index contributed by atoms with van der Waals surface area (Å²) in [5.41, 5.74) is 1.12. The van der Waals surface area contributed by atoms with Gasteiger partial charge in [-0.05, 0) is 30.3 Å². The highest BCUT2D eigenvalue weighted by molar-refractivity contribution is 7.99. The van der Waals surface area contributed by atoms with Crippen molar-refractivity contribution in [3.8, 4) is 11.4 Å². The van der Waals surface area contributed by atoms with Gasteiger partial charge in [-0.25, -0.2) is 4.39 Å². The molecule has 0 atom stereocenters. The van der Waals surface area contributed by atoms with Crippen molar-refractivity contribution in [1.29, 1.82) is 0 Å². The number of thioether (sulfide) groups is 1. The minimum absolute atomic E-state index is 0.0994. The molecule has 0 saturated heterocycles. The van der Waals surface area contributed by atoms with E-state index in [0.29, 0.717) is 21.7 Å². The fourth-order valence-corrected chi connectivity index (χ4v) is 3.37. The van der Waals surface area contributed by atoms with Crippen LogP contribution in [0.4, 0.5) is 10.1 Å². The maximum atomic E-state index is 13.0. The monoisotopic (exact) mass is 410 g/mol. The fraction of sp³-hybridized carbons (Fsp3) is 0.118. The maximum absolute atomic E-state index is 13.0. The molecule has 0 saturated carbocycles. The van der Waals surface area contributed by atoms with Crippen molar-refractivity contribution >= 4 is 46.6 Å². The Kier molecular flexibility index (Phi) is 5.80. The van der Waals surface area contributed by atoms with Crippen molar-refractivity contribution in [1.82, 2.24) is 14.8 Å². The molecule has 0 bridgehead atoms. The van der Waals surface area contributed by atoms with Gasteiger partial charge >= 0.3 is 0 Å². The molecule has 0 aliphatic carbocycles. The molecule has 26 heavy (non-hydrogen) atoms. The summed E-state index contributed by atoms with van der Waals surface area (Å²) in [6, 6.07) is 11.1. The summed E-state index contributed by atoms with van der Waals surface area (Å²) in [5, 5.41) is 12.2. The van der Waals surface area contributed by atoms with Crippen LogP contribution in [0.25, 0.3) is 11.4 Å². The molecule has 1 amide bonds. The standard InChI is InChI=1S/C17H13Cl2FN4OS/c1-24-16(11-4-2-3-5-12(11)18)22-23-17(24)26-9-15(25)21-14-7-6-10(20)8-13(14)19/h2-8H,9H2,1H3,(H,21,25). The van der Waals surface area contributed by atoms with Crippen LogP contribution in [0.5, 0.6) is 0 Å². The van der Waals surface area contributed by atoms with Gasteiger partial charge in [-0.3, -0.25) is 4.79 Å². The number of halogens is 3. The van der Waals surface area contributed by atoms with Crippen LogP contribution in [0.2, 0.25) is 10.0 Å². The zero-order valence-electron chi connectivity index (χ0n) is 13.5. The van der Waals surface area contributed by atoms with Crippen LogP contribution in [-0.4, -0.2) is 26.4 Å². The van der Waals surface area contributed by atoms with Gasteiger partial charge in [0.1, 0.15) is 5.82 Å². The average Bonchev–Trinajstić information content (AvgIpc) is 2.97. The molecule has 3 aromatic rings. The number of carbonyl (C=O) groups excluding carboxylic acids is 1. The molecule has 5 nitrogen and oxygen atoms in total.